The molecule has 8 heteroatoms. The first-order valence-corrected chi connectivity index (χ1v) is 6.29. The lowest BCUT2D eigenvalue weighted by molar-refractivity contribution is -0.139. The molecule has 8 nitrogen and oxygen atoms in total. The van der Waals surface area contributed by atoms with Crippen LogP contribution in [0.5, 0.6) is 11.5 Å². The summed E-state index contributed by atoms with van der Waals surface area (Å²) in [7, 11) is 3.07. The van der Waals surface area contributed by atoms with Gasteiger partial charge in [0.05, 0.1) is 7.11 Å². The normalized spacial score (nSPS) is 15.9. The average molecular weight is 305 g/mol. The van der Waals surface area contributed by atoms with Crippen molar-refractivity contribution in [3.63, 3.8) is 0 Å². The van der Waals surface area contributed by atoms with Crippen molar-refractivity contribution in [3.8, 4) is 11.5 Å². The second-order valence-electron chi connectivity index (χ2n) is 4.46. The number of aliphatic imine (C=N–C) groups is 1. The van der Waals surface area contributed by atoms with E-state index in [4.69, 9.17) is 20.3 Å². The Labute approximate surface area is 126 Å². The van der Waals surface area contributed by atoms with E-state index in [9.17, 15) is 9.59 Å². The van der Waals surface area contributed by atoms with Crippen LogP contribution in [0.15, 0.2) is 28.9 Å². The standard InChI is InChI=1S/C14H15N3O5/c1-17-9(13(20)16-14(17)15)5-8-3-4-10(11(6-8)21-2)22-7-12(18)19/h3-6H,7H2,1-2H3,(H,18,19)(H2,15,16,20)/b9-5+. The second-order valence-corrected chi connectivity index (χ2v) is 4.46. The summed E-state index contributed by atoms with van der Waals surface area (Å²) in [5, 5.41) is 8.62. The van der Waals surface area contributed by atoms with Crippen molar-refractivity contribution in [2.45, 2.75) is 0 Å². The molecule has 116 valence electrons. The van der Waals surface area contributed by atoms with Crippen LogP contribution in [0.4, 0.5) is 0 Å². The summed E-state index contributed by atoms with van der Waals surface area (Å²) in [5.41, 5.74) is 6.57. The Hall–Kier alpha value is -3.03. The predicted molar refractivity (Wildman–Crippen MR) is 78.5 cm³/mol. The Kier molecular flexibility index (Phi) is 4.31. The van der Waals surface area contributed by atoms with Gasteiger partial charge in [0.15, 0.2) is 18.1 Å². The molecular weight excluding hydrogens is 290 g/mol. The maximum Gasteiger partial charge on any atom is 0.341 e. The molecule has 0 aliphatic carbocycles. The fraction of sp³-hybridized carbons (Fsp3) is 0.214. The third-order valence-corrected chi connectivity index (χ3v) is 2.98. The summed E-state index contributed by atoms with van der Waals surface area (Å²) in [6, 6.07) is 4.86. The first kappa shape index (κ1) is 15.4. The van der Waals surface area contributed by atoms with Crippen LogP contribution in [-0.2, 0) is 9.59 Å². The molecule has 0 radical (unpaired) electrons. The molecule has 1 aromatic carbocycles. The van der Waals surface area contributed by atoms with E-state index in [-0.39, 0.29) is 5.96 Å². The number of benzene rings is 1. The van der Waals surface area contributed by atoms with Gasteiger partial charge in [-0.25, -0.2) is 4.79 Å². The monoisotopic (exact) mass is 305 g/mol. The van der Waals surface area contributed by atoms with Crippen LogP contribution in [0.3, 0.4) is 0 Å². The Morgan fingerprint density at radius 1 is 1.45 bits per heavy atom. The zero-order chi connectivity index (χ0) is 16.3. The van der Waals surface area contributed by atoms with E-state index in [0.29, 0.717) is 22.8 Å². The summed E-state index contributed by atoms with van der Waals surface area (Å²) in [5.74, 6) is -0.722. The molecule has 0 saturated heterocycles. The van der Waals surface area contributed by atoms with Gasteiger partial charge in [0.25, 0.3) is 5.91 Å². The van der Waals surface area contributed by atoms with E-state index >= 15 is 0 Å². The minimum atomic E-state index is -1.08. The van der Waals surface area contributed by atoms with Crippen LogP contribution in [0.1, 0.15) is 5.56 Å². The maximum atomic E-state index is 11.7. The van der Waals surface area contributed by atoms with Gasteiger partial charge in [-0.2, -0.15) is 4.99 Å². The van der Waals surface area contributed by atoms with Gasteiger partial charge >= 0.3 is 5.97 Å². The van der Waals surface area contributed by atoms with Crippen molar-refractivity contribution in [1.82, 2.24) is 4.90 Å². The quantitative estimate of drug-likeness (QED) is 0.751. The van der Waals surface area contributed by atoms with Gasteiger partial charge in [-0.05, 0) is 23.8 Å². The van der Waals surface area contributed by atoms with Gasteiger partial charge in [-0.1, -0.05) is 6.07 Å². The van der Waals surface area contributed by atoms with Crippen LogP contribution in [0.2, 0.25) is 0 Å². The molecule has 0 spiro atoms. The zero-order valence-electron chi connectivity index (χ0n) is 12.1. The molecule has 0 fully saturated rings. The molecular formula is C14H15N3O5. The number of likely N-dealkylation sites (N-methyl/N-ethyl adjacent to an activating group) is 1. The predicted octanol–water partition coefficient (Wildman–Crippen LogP) is 0.286. The number of ether oxygens (including phenoxy) is 2. The molecule has 1 heterocycles. The van der Waals surface area contributed by atoms with Crippen LogP contribution in [0, 0.1) is 0 Å². The van der Waals surface area contributed by atoms with Crippen molar-refractivity contribution in [3.05, 3.63) is 29.5 Å². The van der Waals surface area contributed by atoms with E-state index in [0.717, 1.165) is 0 Å². The number of guanidine groups is 1. The van der Waals surface area contributed by atoms with Crippen LogP contribution in [-0.4, -0.2) is 48.6 Å². The number of amides is 1. The SMILES string of the molecule is COc1cc(/C=C2\C(=O)N=C(N)N2C)ccc1OCC(=O)O. The number of nitrogens with zero attached hydrogens (tertiary/aromatic N) is 2. The van der Waals surface area contributed by atoms with E-state index < -0.39 is 18.5 Å². The lowest BCUT2D eigenvalue weighted by Gasteiger charge is -2.12. The van der Waals surface area contributed by atoms with Crippen molar-refractivity contribution in [2.24, 2.45) is 10.7 Å². The summed E-state index contributed by atoms with van der Waals surface area (Å²) in [6.07, 6.45) is 1.61. The third kappa shape index (κ3) is 3.17. The van der Waals surface area contributed by atoms with Crippen LogP contribution in [0.25, 0.3) is 6.08 Å². The van der Waals surface area contributed by atoms with Gasteiger partial charge in [0.2, 0.25) is 5.96 Å². The molecule has 1 aromatic rings. The molecule has 0 saturated carbocycles. The Morgan fingerprint density at radius 3 is 2.73 bits per heavy atom. The topological polar surface area (TPSA) is 114 Å². The van der Waals surface area contributed by atoms with Gasteiger partial charge in [-0.3, -0.25) is 4.79 Å². The largest absolute Gasteiger partial charge is 0.493 e. The first-order valence-electron chi connectivity index (χ1n) is 6.29. The summed E-state index contributed by atoms with van der Waals surface area (Å²) in [4.78, 5) is 27.4. The molecule has 2 rings (SSSR count). The maximum absolute atomic E-state index is 11.7. The minimum absolute atomic E-state index is 0.129. The zero-order valence-corrected chi connectivity index (χ0v) is 12.1. The highest BCUT2D eigenvalue weighted by Crippen LogP contribution is 2.29. The van der Waals surface area contributed by atoms with Crippen LogP contribution >= 0.6 is 0 Å². The molecule has 1 aliphatic rings. The fourth-order valence-electron chi connectivity index (χ4n) is 1.85. The second kappa shape index (κ2) is 6.17. The summed E-state index contributed by atoms with van der Waals surface area (Å²) >= 11 is 0. The number of carboxylic acids is 1. The molecule has 0 bridgehead atoms. The van der Waals surface area contributed by atoms with Gasteiger partial charge in [0, 0.05) is 7.05 Å². The molecule has 0 aromatic heterocycles. The molecule has 0 unspecified atom stereocenters. The van der Waals surface area contributed by atoms with E-state index in [1.807, 2.05) is 0 Å². The fourth-order valence-corrected chi connectivity index (χ4v) is 1.85. The van der Waals surface area contributed by atoms with E-state index in [2.05, 4.69) is 4.99 Å². The first-order chi connectivity index (χ1) is 10.4. The highest BCUT2D eigenvalue weighted by Gasteiger charge is 2.24. The van der Waals surface area contributed by atoms with Gasteiger partial charge < -0.3 is 25.2 Å². The molecule has 0 atom stereocenters. The Morgan fingerprint density at radius 2 is 2.18 bits per heavy atom. The molecule has 1 amide bonds. The highest BCUT2D eigenvalue weighted by atomic mass is 16.5. The summed E-state index contributed by atoms with van der Waals surface area (Å²) < 4.78 is 10.3. The number of carbonyl (C=O) groups is 2. The number of carbonyl (C=O) groups excluding carboxylic acids is 1. The highest BCUT2D eigenvalue weighted by molar-refractivity contribution is 6.12. The minimum Gasteiger partial charge on any atom is -0.493 e. The number of rotatable bonds is 5. The van der Waals surface area contributed by atoms with Crippen molar-refractivity contribution in [2.75, 3.05) is 20.8 Å². The molecule has 3 N–H and O–H groups in total. The lowest BCUT2D eigenvalue weighted by Crippen LogP contribution is -2.28. The lowest BCUT2D eigenvalue weighted by atomic mass is 10.1. The average Bonchev–Trinajstić information content (AvgIpc) is 2.72. The third-order valence-electron chi connectivity index (χ3n) is 2.98. The number of carboxylic acid groups (broad SMARTS) is 1. The molecule has 22 heavy (non-hydrogen) atoms. The molecule has 1 aliphatic heterocycles. The number of methoxy groups -OCH3 is 1. The Bertz CT molecular complexity index is 681. The summed E-state index contributed by atoms with van der Waals surface area (Å²) in [6.45, 7) is -0.470. The number of aliphatic carboxylic acids is 1. The van der Waals surface area contributed by atoms with Crippen molar-refractivity contribution in [1.29, 1.82) is 0 Å². The van der Waals surface area contributed by atoms with Gasteiger partial charge in [0.1, 0.15) is 5.70 Å². The van der Waals surface area contributed by atoms with E-state index in [1.54, 1.807) is 31.3 Å². The van der Waals surface area contributed by atoms with Crippen molar-refractivity contribution < 1.29 is 24.2 Å². The number of nitrogens with two attached hydrogens (primary N) is 1. The Balaban J connectivity index is 2.27. The smallest absolute Gasteiger partial charge is 0.341 e. The van der Waals surface area contributed by atoms with Crippen molar-refractivity contribution >= 4 is 23.9 Å². The van der Waals surface area contributed by atoms with Gasteiger partial charge in [-0.15, -0.1) is 0 Å². The van der Waals surface area contributed by atoms with Crippen LogP contribution < -0.4 is 15.2 Å². The number of hydrogen-bond acceptors (Lipinski definition) is 6. The number of hydrogen-bond donors (Lipinski definition) is 2. The van der Waals surface area contributed by atoms with E-state index in [1.165, 1.54) is 12.0 Å².